The molecule has 1 rings (SSSR count). The zero-order valence-corrected chi connectivity index (χ0v) is 12.4. The van der Waals surface area contributed by atoms with E-state index < -0.39 is 5.97 Å². The lowest BCUT2D eigenvalue weighted by Crippen LogP contribution is -2.26. The highest BCUT2D eigenvalue weighted by molar-refractivity contribution is 7.13. The third-order valence-electron chi connectivity index (χ3n) is 2.93. The fourth-order valence-corrected chi connectivity index (χ4v) is 2.82. The van der Waals surface area contributed by atoms with Crippen molar-refractivity contribution in [2.45, 2.75) is 39.7 Å². The smallest absolute Gasteiger partial charge is 0.347 e. The van der Waals surface area contributed by atoms with Crippen molar-refractivity contribution in [3.63, 3.8) is 0 Å². The van der Waals surface area contributed by atoms with Crippen LogP contribution in [0.5, 0.6) is 0 Å². The second-order valence-electron chi connectivity index (χ2n) is 4.38. The molecule has 2 N–H and O–H groups in total. The van der Waals surface area contributed by atoms with Crippen LogP contribution < -0.4 is 0 Å². The van der Waals surface area contributed by atoms with Gasteiger partial charge in [-0.2, -0.15) is 0 Å². The van der Waals surface area contributed by atoms with E-state index in [0.717, 1.165) is 30.8 Å². The Kier molecular flexibility index (Phi) is 6.97. The summed E-state index contributed by atoms with van der Waals surface area (Å²) in [4.78, 5) is 18.1. The normalized spacial score (nSPS) is 11.2. The van der Waals surface area contributed by atoms with Crippen molar-refractivity contribution in [2.24, 2.45) is 0 Å². The number of aromatic carboxylic acids is 1. The molecule has 1 aromatic rings. The molecule has 0 atom stereocenters. The van der Waals surface area contributed by atoms with Gasteiger partial charge in [0.15, 0.2) is 0 Å². The number of thiazole rings is 1. The maximum Gasteiger partial charge on any atom is 0.347 e. The number of unbranched alkanes of at least 4 members (excludes halogenated alkanes) is 1. The van der Waals surface area contributed by atoms with E-state index >= 15 is 0 Å². The first-order valence-corrected chi connectivity index (χ1v) is 7.49. The molecule has 0 unspecified atom stereocenters. The lowest BCUT2D eigenvalue weighted by Gasteiger charge is -2.16. The van der Waals surface area contributed by atoms with Gasteiger partial charge in [-0.3, -0.25) is 4.90 Å². The number of likely N-dealkylation sites (N-methyl/N-ethyl adjacent to an activating group) is 1. The minimum absolute atomic E-state index is 0.105. The summed E-state index contributed by atoms with van der Waals surface area (Å²) >= 11 is 1.25. The molecule has 0 saturated heterocycles. The van der Waals surface area contributed by atoms with Gasteiger partial charge in [-0.1, -0.05) is 20.3 Å². The van der Waals surface area contributed by atoms with Gasteiger partial charge in [0.1, 0.15) is 9.88 Å². The van der Waals surface area contributed by atoms with Gasteiger partial charge in [-0.05, 0) is 19.4 Å². The minimum atomic E-state index is -0.889. The molecule has 0 saturated carbocycles. The quantitative estimate of drug-likeness (QED) is 0.726. The molecular formula is C13H22N2O3S. The number of aliphatic hydroxyl groups excluding tert-OH is 1. The first kappa shape index (κ1) is 16.1. The van der Waals surface area contributed by atoms with E-state index in [1.54, 1.807) is 0 Å². The summed E-state index contributed by atoms with van der Waals surface area (Å²) in [7, 11) is 0. The molecule has 6 heteroatoms. The van der Waals surface area contributed by atoms with Crippen LogP contribution in [0.25, 0.3) is 0 Å². The lowest BCUT2D eigenvalue weighted by atomic mass is 10.2. The van der Waals surface area contributed by atoms with Gasteiger partial charge in [0.2, 0.25) is 0 Å². The van der Waals surface area contributed by atoms with E-state index in [0.29, 0.717) is 23.7 Å². The molecule has 0 amide bonds. The molecule has 0 fully saturated rings. The van der Waals surface area contributed by atoms with Crippen molar-refractivity contribution in [1.82, 2.24) is 9.88 Å². The van der Waals surface area contributed by atoms with Crippen LogP contribution in [-0.4, -0.2) is 45.8 Å². The van der Waals surface area contributed by atoms with Gasteiger partial charge in [0.25, 0.3) is 0 Å². The molecule has 0 aliphatic rings. The Morgan fingerprint density at radius 2 is 2.16 bits per heavy atom. The van der Waals surface area contributed by atoms with Gasteiger partial charge < -0.3 is 10.2 Å². The maximum atomic E-state index is 11.2. The fraction of sp³-hybridized carbons (Fsp3) is 0.692. The first-order chi connectivity index (χ1) is 9.12. The van der Waals surface area contributed by atoms with Crippen LogP contribution in [0.3, 0.4) is 0 Å². The molecule has 108 valence electrons. The standard InChI is InChI=1S/C13H22N2O3S/c1-3-5-6-10-12(13(17)18)19-11(14-10)9-15(4-2)7-8-16/h16H,3-9H2,1-2H3,(H,17,18). The summed E-state index contributed by atoms with van der Waals surface area (Å²) in [6, 6.07) is 0. The molecule has 0 radical (unpaired) electrons. The Morgan fingerprint density at radius 1 is 1.42 bits per heavy atom. The van der Waals surface area contributed by atoms with E-state index in [4.69, 9.17) is 5.11 Å². The molecule has 1 heterocycles. The summed E-state index contributed by atoms with van der Waals surface area (Å²) in [5.41, 5.74) is 0.703. The number of carboxylic acid groups (broad SMARTS) is 1. The first-order valence-electron chi connectivity index (χ1n) is 6.67. The van der Waals surface area contributed by atoms with Crippen molar-refractivity contribution in [1.29, 1.82) is 0 Å². The van der Waals surface area contributed by atoms with Crippen molar-refractivity contribution in [2.75, 3.05) is 19.7 Å². The van der Waals surface area contributed by atoms with Crippen molar-refractivity contribution in [3.05, 3.63) is 15.6 Å². The SMILES string of the molecule is CCCCc1nc(CN(CC)CCO)sc1C(=O)O. The molecule has 0 aromatic carbocycles. The Bertz CT molecular complexity index is 407. The van der Waals surface area contributed by atoms with Gasteiger partial charge in [-0.15, -0.1) is 11.3 Å². The van der Waals surface area contributed by atoms with E-state index in [2.05, 4.69) is 11.9 Å². The second kappa shape index (κ2) is 8.24. The molecular weight excluding hydrogens is 264 g/mol. The second-order valence-corrected chi connectivity index (χ2v) is 5.47. The Labute approximate surface area is 117 Å². The zero-order chi connectivity index (χ0) is 14.3. The number of nitrogens with zero attached hydrogens (tertiary/aromatic N) is 2. The van der Waals surface area contributed by atoms with Crippen molar-refractivity contribution < 1.29 is 15.0 Å². The van der Waals surface area contributed by atoms with Crippen LogP contribution in [0, 0.1) is 0 Å². The number of hydrogen-bond acceptors (Lipinski definition) is 5. The largest absolute Gasteiger partial charge is 0.477 e. The van der Waals surface area contributed by atoms with Crippen LogP contribution in [0.4, 0.5) is 0 Å². The third kappa shape index (κ3) is 4.89. The van der Waals surface area contributed by atoms with Gasteiger partial charge >= 0.3 is 5.97 Å². The predicted molar refractivity (Wildman–Crippen MR) is 75.7 cm³/mol. The summed E-state index contributed by atoms with van der Waals surface area (Å²) in [6.07, 6.45) is 2.70. The van der Waals surface area contributed by atoms with Crippen molar-refractivity contribution >= 4 is 17.3 Å². The van der Waals surface area contributed by atoms with Crippen LogP contribution in [-0.2, 0) is 13.0 Å². The summed E-state index contributed by atoms with van der Waals surface area (Å²) in [6.45, 7) is 6.20. The van der Waals surface area contributed by atoms with Gasteiger partial charge in [-0.25, -0.2) is 9.78 Å². The number of aromatic nitrogens is 1. The summed E-state index contributed by atoms with van der Waals surface area (Å²) in [5, 5.41) is 19.0. The Balaban J connectivity index is 2.81. The fourth-order valence-electron chi connectivity index (χ4n) is 1.83. The highest BCUT2D eigenvalue weighted by atomic mass is 32.1. The Hall–Kier alpha value is -0.980. The lowest BCUT2D eigenvalue weighted by molar-refractivity contribution is 0.0700. The maximum absolute atomic E-state index is 11.2. The van der Waals surface area contributed by atoms with E-state index in [1.807, 2.05) is 11.8 Å². The molecule has 1 aromatic heterocycles. The average Bonchev–Trinajstić information content (AvgIpc) is 2.79. The van der Waals surface area contributed by atoms with Crippen LogP contribution >= 0.6 is 11.3 Å². The predicted octanol–water partition coefficient (Wildman–Crippen LogP) is 2.00. The minimum Gasteiger partial charge on any atom is -0.477 e. The molecule has 0 aliphatic carbocycles. The number of hydrogen-bond donors (Lipinski definition) is 2. The number of carbonyl (C=O) groups is 1. The van der Waals surface area contributed by atoms with Gasteiger partial charge in [0, 0.05) is 6.54 Å². The topological polar surface area (TPSA) is 73.7 Å². The van der Waals surface area contributed by atoms with E-state index in [1.165, 1.54) is 11.3 Å². The monoisotopic (exact) mass is 286 g/mol. The average molecular weight is 286 g/mol. The van der Waals surface area contributed by atoms with Crippen molar-refractivity contribution in [3.8, 4) is 0 Å². The molecule has 19 heavy (non-hydrogen) atoms. The van der Waals surface area contributed by atoms with Gasteiger partial charge in [0.05, 0.1) is 18.8 Å². The van der Waals surface area contributed by atoms with Crippen LogP contribution in [0.15, 0.2) is 0 Å². The van der Waals surface area contributed by atoms with Crippen LogP contribution in [0.2, 0.25) is 0 Å². The van der Waals surface area contributed by atoms with Crippen LogP contribution in [0.1, 0.15) is 47.1 Å². The highest BCUT2D eigenvalue weighted by Gasteiger charge is 2.17. The number of aliphatic hydroxyl groups is 1. The van der Waals surface area contributed by atoms with E-state index in [9.17, 15) is 9.90 Å². The Morgan fingerprint density at radius 3 is 2.68 bits per heavy atom. The third-order valence-corrected chi connectivity index (χ3v) is 4.00. The highest BCUT2D eigenvalue weighted by Crippen LogP contribution is 2.21. The number of carboxylic acids is 1. The number of aryl methyl sites for hydroxylation is 1. The summed E-state index contributed by atoms with van der Waals surface area (Å²) < 4.78 is 0. The molecule has 0 spiro atoms. The number of rotatable bonds is 9. The molecule has 5 nitrogen and oxygen atoms in total. The molecule has 0 aliphatic heterocycles. The zero-order valence-electron chi connectivity index (χ0n) is 11.6. The van der Waals surface area contributed by atoms with E-state index in [-0.39, 0.29) is 6.61 Å². The summed E-state index contributed by atoms with van der Waals surface area (Å²) in [5.74, 6) is -0.889. The molecule has 0 bridgehead atoms.